The van der Waals surface area contributed by atoms with Crippen molar-refractivity contribution in [2.75, 3.05) is 33.7 Å². The molecule has 0 amide bonds. The Morgan fingerprint density at radius 1 is 1.38 bits per heavy atom. The van der Waals surface area contributed by atoms with Crippen molar-refractivity contribution >= 4 is 10.0 Å². The lowest BCUT2D eigenvalue weighted by Crippen LogP contribution is -2.39. The molecule has 0 aliphatic rings. The van der Waals surface area contributed by atoms with Crippen molar-refractivity contribution < 1.29 is 8.42 Å². The normalized spacial score (nSPS) is 13.8. The second-order valence-electron chi connectivity index (χ2n) is 5.47. The fourth-order valence-electron chi connectivity index (χ4n) is 2.02. The van der Waals surface area contributed by atoms with Crippen molar-refractivity contribution in [1.29, 1.82) is 0 Å². The molecule has 122 valence electrons. The third kappa shape index (κ3) is 6.56. The molecule has 1 aromatic rings. The molecule has 1 atom stereocenters. The van der Waals surface area contributed by atoms with Crippen molar-refractivity contribution in [1.82, 2.24) is 24.7 Å². The van der Waals surface area contributed by atoms with Crippen LogP contribution in [-0.4, -0.2) is 62.9 Å². The molecule has 0 bridgehead atoms. The first kappa shape index (κ1) is 18.1. The maximum Gasteiger partial charge on any atom is 0.243 e. The summed E-state index contributed by atoms with van der Waals surface area (Å²) < 4.78 is 28.7. The van der Waals surface area contributed by atoms with Crippen molar-refractivity contribution in [3.63, 3.8) is 0 Å². The van der Waals surface area contributed by atoms with Gasteiger partial charge in [-0.25, -0.2) is 13.1 Å². The van der Waals surface area contributed by atoms with Gasteiger partial charge in [0.05, 0.1) is 12.7 Å². The third-order valence-corrected chi connectivity index (χ3v) is 4.40. The van der Waals surface area contributed by atoms with Crippen LogP contribution in [0.25, 0.3) is 0 Å². The molecule has 21 heavy (non-hydrogen) atoms. The van der Waals surface area contributed by atoms with E-state index in [0.29, 0.717) is 13.1 Å². The Kier molecular flexibility index (Phi) is 7.30. The van der Waals surface area contributed by atoms with Gasteiger partial charge in [-0.2, -0.15) is 5.10 Å². The average Bonchev–Trinajstić information content (AvgIpc) is 2.82. The molecule has 0 aliphatic carbocycles. The summed E-state index contributed by atoms with van der Waals surface area (Å²) in [5, 5.41) is 7.35. The van der Waals surface area contributed by atoms with Gasteiger partial charge >= 0.3 is 0 Å². The maximum absolute atomic E-state index is 12.2. The SMILES string of the molecule is CCCNCCn1cc(S(=O)(=O)NC(C)CN(C)C)cn1. The molecule has 7 nitrogen and oxygen atoms in total. The number of hydrogen-bond acceptors (Lipinski definition) is 5. The Morgan fingerprint density at radius 3 is 2.71 bits per heavy atom. The molecule has 0 aromatic carbocycles. The Balaban J connectivity index is 2.57. The summed E-state index contributed by atoms with van der Waals surface area (Å²) in [6, 6.07) is -0.153. The van der Waals surface area contributed by atoms with Crippen molar-refractivity contribution in [2.24, 2.45) is 0 Å². The van der Waals surface area contributed by atoms with Crippen LogP contribution in [0, 0.1) is 0 Å². The molecule has 0 saturated carbocycles. The number of nitrogens with one attached hydrogen (secondary N) is 2. The number of hydrogen-bond donors (Lipinski definition) is 2. The average molecular weight is 317 g/mol. The van der Waals surface area contributed by atoms with E-state index in [9.17, 15) is 8.42 Å². The van der Waals surface area contributed by atoms with Crippen LogP contribution in [0.2, 0.25) is 0 Å². The second kappa shape index (κ2) is 8.47. The molecule has 2 N–H and O–H groups in total. The second-order valence-corrected chi connectivity index (χ2v) is 7.19. The van der Waals surface area contributed by atoms with Gasteiger partial charge in [-0.1, -0.05) is 6.92 Å². The number of rotatable bonds is 10. The number of nitrogens with zero attached hydrogens (tertiary/aromatic N) is 3. The van der Waals surface area contributed by atoms with Crippen molar-refractivity contribution in [2.45, 2.75) is 37.8 Å². The molecule has 1 heterocycles. The Labute approximate surface area is 127 Å². The lowest BCUT2D eigenvalue weighted by Gasteiger charge is -2.17. The van der Waals surface area contributed by atoms with Gasteiger partial charge < -0.3 is 10.2 Å². The summed E-state index contributed by atoms with van der Waals surface area (Å²) in [5.41, 5.74) is 0. The monoisotopic (exact) mass is 317 g/mol. The predicted octanol–water partition coefficient (Wildman–Crippen LogP) is 0.111. The molecule has 0 spiro atoms. The fraction of sp³-hybridized carbons (Fsp3) is 0.769. The highest BCUT2D eigenvalue weighted by Crippen LogP contribution is 2.07. The quantitative estimate of drug-likeness (QED) is 0.599. The first-order valence-electron chi connectivity index (χ1n) is 7.25. The minimum absolute atomic E-state index is 0.153. The highest BCUT2D eigenvalue weighted by molar-refractivity contribution is 7.89. The summed E-state index contributed by atoms with van der Waals surface area (Å²) >= 11 is 0. The number of aromatic nitrogens is 2. The van der Waals surface area contributed by atoms with Gasteiger partial charge in [0.15, 0.2) is 0 Å². The molecular weight excluding hydrogens is 290 g/mol. The van der Waals surface area contributed by atoms with Gasteiger partial charge in [-0.05, 0) is 34.0 Å². The molecule has 1 rings (SSSR count). The van der Waals surface area contributed by atoms with Crippen LogP contribution in [0.3, 0.4) is 0 Å². The first-order valence-corrected chi connectivity index (χ1v) is 8.73. The van der Waals surface area contributed by atoms with E-state index in [1.807, 2.05) is 25.9 Å². The Bertz CT molecular complexity index is 512. The van der Waals surface area contributed by atoms with Crippen LogP contribution < -0.4 is 10.0 Å². The van der Waals surface area contributed by atoms with E-state index in [0.717, 1.165) is 19.5 Å². The van der Waals surface area contributed by atoms with Crippen LogP contribution in [0.15, 0.2) is 17.3 Å². The van der Waals surface area contributed by atoms with Gasteiger partial charge in [0.25, 0.3) is 0 Å². The summed E-state index contributed by atoms with van der Waals surface area (Å²) in [5.74, 6) is 0. The summed E-state index contributed by atoms with van der Waals surface area (Å²) in [6.45, 7) is 6.98. The van der Waals surface area contributed by atoms with E-state index in [1.165, 1.54) is 6.20 Å². The molecule has 0 fully saturated rings. The summed E-state index contributed by atoms with van der Waals surface area (Å²) in [4.78, 5) is 2.15. The smallest absolute Gasteiger partial charge is 0.243 e. The summed E-state index contributed by atoms with van der Waals surface area (Å²) in [7, 11) is 0.318. The zero-order valence-corrected chi connectivity index (χ0v) is 14.2. The minimum Gasteiger partial charge on any atom is -0.315 e. The van der Waals surface area contributed by atoms with Gasteiger partial charge in [0, 0.05) is 25.3 Å². The van der Waals surface area contributed by atoms with Crippen LogP contribution in [0.1, 0.15) is 20.3 Å². The predicted molar refractivity (Wildman–Crippen MR) is 83.7 cm³/mol. The van der Waals surface area contributed by atoms with Crippen LogP contribution >= 0.6 is 0 Å². The number of sulfonamides is 1. The van der Waals surface area contributed by atoms with Gasteiger partial charge in [0.2, 0.25) is 10.0 Å². The van der Waals surface area contributed by atoms with Crippen molar-refractivity contribution in [3.05, 3.63) is 12.4 Å². The standard InChI is InChI=1S/C13H27N5O2S/c1-5-6-14-7-8-18-11-13(9-15-18)21(19,20)16-12(2)10-17(3)4/h9,11-12,14,16H,5-8,10H2,1-4H3. The lowest BCUT2D eigenvalue weighted by molar-refractivity contribution is 0.370. The summed E-state index contributed by atoms with van der Waals surface area (Å²) in [6.07, 6.45) is 4.04. The zero-order valence-electron chi connectivity index (χ0n) is 13.3. The largest absolute Gasteiger partial charge is 0.315 e. The molecule has 0 radical (unpaired) electrons. The Morgan fingerprint density at radius 2 is 2.10 bits per heavy atom. The highest BCUT2D eigenvalue weighted by Gasteiger charge is 2.19. The van der Waals surface area contributed by atoms with E-state index in [-0.39, 0.29) is 10.9 Å². The van der Waals surface area contributed by atoms with E-state index in [4.69, 9.17) is 0 Å². The topological polar surface area (TPSA) is 79.3 Å². The third-order valence-electron chi connectivity index (χ3n) is 2.86. The molecule has 1 aromatic heterocycles. The van der Waals surface area contributed by atoms with Crippen LogP contribution in [-0.2, 0) is 16.6 Å². The zero-order chi connectivity index (χ0) is 15.9. The lowest BCUT2D eigenvalue weighted by atomic mass is 10.3. The van der Waals surface area contributed by atoms with Crippen LogP contribution in [0.4, 0.5) is 0 Å². The molecule has 1 unspecified atom stereocenters. The highest BCUT2D eigenvalue weighted by atomic mass is 32.2. The van der Waals surface area contributed by atoms with E-state index >= 15 is 0 Å². The van der Waals surface area contributed by atoms with Crippen molar-refractivity contribution in [3.8, 4) is 0 Å². The molecule has 0 saturated heterocycles. The van der Waals surface area contributed by atoms with E-state index in [2.05, 4.69) is 22.1 Å². The molecule has 8 heteroatoms. The molecule has 0 aliphatic heterocycles. The molecular formula is C13H27N5O2S. The van der Waals surface area contributed by atoms with Gasteiger partial charge in [0.1, 0.15) is 4.90 Å². The Hall–Kier alpha value is -0.960. The maximum atomic E-state index is 12.2. The van der Waals surface area contributed by atoms with Gasteiger partial charge in [-0.3, -0.25) is 4.68 Å². The fourth-order valence-corrected chi connectivity index (χ4v) is 3.21. The van der Waals surface area contributed by atoms with Crippen LogP contribution in [0.5, 0.6) is 0 Å². The van der Waals surface area contributed by atoms with E-state index < -0.39 is 10.0 Å². The van der Waals surface area contributed by atoms with Gasteiger partial charge in [-0.15, -0.1) is 0 Å². The van der Waals surface area contributed by atoms with E-state index in [1.54, 1.807) is 10.9 Å². The first-order chi connectivity index (χ1) is 9.85. The minimum atomic E-state index is -3.50. The number of likely N-dealkylation sites (N-methyl/N-ethyl adjacent to an activating group) is 1.